The van der Waals surface area contributed by atoms with E-state index in [1.807, 2.05) is 6.08 Å². The van der Waals surface area contributed by atoms with Crippen LogP contribution in [0, 0.1) is 11.7 Å². The summed E-state index contributed by atoms with van der Waals surface area (Å²) in [6, 6.07) is 2.57. The van der Waals surface area contributed by atoms with E-state index in [-0.39, 0.29) is 60.5 Å². The number of benzene rings is 1. The van der Waals surface area contributed by atoms with Crippen molar-refractivity contribution in [2.75, 3.05) is 13.7 Å². The number of aromatic nitrogens is 3. The minimum Gasteiger partial charge on any atom is -0.491 e. The lowest BCUT2D eigenvalue weighted by molar-refractivity contribution is -0.142. The van der Waals surface area contributed by atoms with E-state index in [9.17, 15) is 45.2 Å². The standard InChI is InChI=1S/C41H49F4N7O9S/c1-23(2)60-32-19-31(26-12-13-27(42)34(59-4)33(26)47-32)61-25-18-30-36(54)48-40(38(56)50-62(57,58)39(3)15-16-39)20-24(40)10-8-6-5-7-9-11-29(37(55)52(30)21-25)46-35(53)28-14-17-51(49-28)22-41(43,44)45/h8,10,12-14,17,19,23-25,29-30H,5-7,9,11,15-16,18,20-22H2,1-4H3,(H,46,53)(H,48,54)(H,50,56)/b10-8-/t24-,25?,29+,30+,40-/m1/s1. The molecule has 0 bridgehead atoms. The average Bonchev–Trinajstić information content (AvgIpc) is 3.98. The van der Waals surface area contributed by atoms with E-state index >= 15 is 0 Å². The van der Waals surface area contributed by atoms with E-state index in [0.717, 1.165) is 12.3 Å². The molecule has 4 amide bonds. The lowest BCUT2D eigenvalue weighted by Crippen LogP contribution is -2.58. The van der Waals surface area contributed by atoms with Crippen LogP contribution in [0.2, 0.25) is 0 Å². The van der Waals surface area contributed by atoms with Crippen LogP contribution in [0.15, 0.2) is 42.6 Å². The molecule has 1 saturated heterocycles. The number of hydrogen-bond donors (Lipinski definition) is 3. The molecule has 1 unspecified atom stereocenters. The molecule has 21 heteroatoms. The Bertz CT molecular complexity index is 2390. The van der Waals surface area contributed by atoms with E-state index < -0.39 is 86.6 Å². The van der Waals surface area contributed by atoms with Crippen LogP contribution < -0.4 is 29.6 Å². The second kappa shape index (κ2) is 17.0. The molecule has 16 nitrogen and oxygen atoms in total. The smallest absolute Gasteiger partial charge is 0.408 e. The molecular weight excluding hydrogens is 843 g/mol. The third-order valence-electron chi connectivity index (χ3n) is 11.7. The summed E-state index contributed by atoms with van der Waals surface area (Å²) in [5.74, 6) is -4.51. The summed E-state index contributed by atoms with van der Waals surface area (Å²) < 4.78 is 99.9. The zero-order valence-corrected chi connectivity index (χ0v) is 35.4. The van der Waals surface area contributed by atoms with Crippen molar-refractivity contribution in [3.63, 3.8) is 0 Å². The van der Waals surface area contributed by atoms with Crippen LogP contribution in [0.4, 0.5) is 17.6 Å². The summed E-state index contributed by atoms with van der Waals surface area (Å²) in [5, 5.41) is 9.49. The van der Waals surface area contributed by atoms with Crippen LogP contribution in [-0.2, 0) is 31.0 Å². The van der Waals surface area contributed by atoms with Crippen molar-refractivity contribution >= 4 is 44.6 Å². The minimum atomic E-state index is -4.60. The fourth-order valence-electron chi connectivity index (χ4n) is 7.90. The first-order chi connectivity index (χ1) is 29.2. The van der Waals surface area contributed by atoms with Crippen molar-refractivity contribution in [2.24, 2.45) is 5.92 Å². The molecule has 62 heavy (non-hydrogen) atoms. The molecule has 3 N–H and O–H groups in total. The normalized spacial score (nSPS) is 25.7. The van der Waals surface area contributed by atoms with Gasteiger partial charge in [-0.3, -0.25) is 28.6 Å². The largest absolute Gasteiger partial charge is 0.491 e. The van der Waals surface area contributed by atoms with Gasteiger partial charge in [-0.2, -0.15) is 18.3 Å². The van der Waals surface area contributed by atoms with Crippen molar-refractivity contribution in [2.45, 2.75) is 126 Å². The van der Waals surface area contributed by atoms with E-state index in [4.69, 9.17) is 14.2 Å². The van der Waals surface area contributed by atoms with Gasteiger partial charge in [0.25, 0.3) is 11.8 Å². The molecule has 0 radical (unpaired) electrons. The number of halogens is 4. The molecule has 7 rings (SSSR count). The average molecular weight is 892 g/mol. The first-order valence-electron chi connectivity index (χ1n) is 20.5. The van der Waals surface area contributed by atoms with E-state index in [0.29, 0.717) is 48.6 Å². The Morgan fingerprint density at radius 2 is 1.87 bits per heavy atom. The van der Waals surface area contributed by atoms with Gasteiger partial charge < -0.3 is 29.7 Å². The highest BCUT2D eigenvalue weighted by atomic mass is 32.2. The number of allylic oxidation sites excluding steroid dienone is 1. The Morgan fingerprint density at radius 3 is 2.56 bits per heavy atom. The summed E-state index contributed by atoms with van der Waals surface area (Å²) in [4.78, 5) is 62.4. The fraction of sp³-hybridized carbons (Fsp3) is 0.561. The van der Waals surface area contributed by atoms with Gasteiger partial charge in [0.1, 0.15) is 47.2 Å². The second-order valence-corrected chi connectivity index (χ2v) is 19.0. The van der Waals surface area contributed by atoms with Gasteiger partial charge in [0.05, 0.1) is 24.5 Å². The number of hydrogen-bond acceptors (Lipinski definition) is 11. The molecule has 1 aromatic carbocycles. The highest BCUT2D eigenvalue weighted by Crippen LogP contribution is 2.48. The topological polar surface area (TPSA) is 200 Å². The molecule has 3 aromatic rings. The first kappa shape index (κ1) is 44.6. The maximum Gasteiger partial charge on any atom is 0.408 e. The van der Waals surface area contributed by atoms with Gasteiger partial charge in [-0.15, -0.1) is 0 Å². The second-order valence-electron chi connectivity index (χ2n) is 16.8. The van der Waals surface area contributed by atoms with Gasteiger partial charge in [0, 0.05) is 30.0 Å². The number of nitrogens with one attached hydrogen (secondary N) is 3. The van der Waals surface area contributed by atoms with Crippen molar-refractivity contribution in [1.29, 1.82) is 0 Å². The van der Waals surface area contributed by atoms with Crippen molar-refractivity contribution in [1.82, 2.24) is 35.0 Å². The summed E-state index contributed by atoms with van der Waals surface area (Å²) >= 11 is 0. The summed E-state index contributed by atoms with van der Waals surface area (Å²) in [5.41, 5.74) is -1.94. The number of rotatable bonds is 11. The first-order valence-corrected chi connectivity index (χ1v) is 22.0. The van der Waals surface area contributed by atoms with Crippen molar-refractivity contribution < 1.29 is 59.4 Å². The highest BCUT2D eigenvalue weighted by Gasteiger charge is 2.63. The van der Waals surface area contributed by atoms with Gasteiger partial charge in [-0.25, -0.2) is 17.8 Å². The van der Waals surface area contributed by atoms with Crippen LogP contribution in [0.3, 0.4) is 0 Å². The molecule has 2 aromatic heterocycles. The van der Waals surface area contributed by atoms with Gasteiger partial charge in [-0.05, 0) is 77.5 Å². The third-order valence-corrected chi connectivity index (χ3v) is 13.8. The van der Waals surface area contributed by atoms with Crippen molar-refractivity contribution in [3.05, 3.63) is 54.1 Å². The number of methoxy groups -OCH3 is 1. The molecule has 2 aliphatic carbocycles. The lowest BCUT2D eigenvalue weighted by Gasteiger charge is -2.30. The van der Waals surface area contributed by atoms with Crippen LogP contribution in [0.1, 0.15) is 89.0 Å². The minimum absolute atomic E-state index is 0.0734. The van der Waals surface area contributed by atoms with Crippen LogP contribution in [0.5, 0.6) is 17.4 Å². The molecule has 2 aliphatic heterocycles. The molecule has 4 aliphatic rings. The molecule has 5 atom stereocenters. The Labute approximate surface area is 355 Å². The molecule has 336 valence electrons. The van der Waals surface area contributed by atoms with Crippen molar-refractivity contribution in [3.8, 4) is 17.4 Å². The Hall–Kier alpha value is -5.47. The highest BCUT2D eigenvalue weighted by molar-refractivity contribution is 7.91. The Kier molecular flexibility index (Phi) is 12.2. The fourth-order valence-corrected chi connectivity index (χ4v) is 9.21. The van der Waals surface area contributed by atoms with E-state index in [2.05, 4.69) is 25.4 Å². The Morgan fingerprint density at radius 1 is 1.11 bits per heavy atom. The van der Waals surface area contributed by atoms with Gasteiger partial charge in [-0.1, -0.05) is 25.0 Å². The van der Waals surface area contributed by atoms with Crippen LogP contribution >= 0.6 is 0 Å². The molecular formula is C41H49F4N7O9S. The SMILES string of the molecule is COc1c(F)ccc2c(OC3C[C@H]4C(=O)N[C@]5(C(=O)NS(=O)(=O)C6(C)CC6)C[C@H]5/C=C\CCCCC[C@H](NC(=O)c5ccn(CC(F)(F)F)n5)C(=O)N4C3)cc(OC(C)C)nc12. The maximum absolute atomic E-state index is 14.9. The number of sulfonamides is 1. The predicted molar refractivity (Wildman–Crippen MR) is 214 cm³/mol. The molecule has 4 heterocycles. The summed E-state index contributed by atoms with van der Waals surface area (Å²) in [7, 11) is -2.82. The van der Waals surface area contributed by atoms with Gasteiger partial charge in [0.2, 0.25) is 27.7 Å². The van der Waals surface area contributed by atoms with Gasteiger partial charge >= 0.3 is 6.18 Å². The Balaban J connectivity index is 1.23. The summed E-state index contributed by atoms with van der Waals surface area (Å²) in [6.07, 6.45) is 1.75. The molecule has 2 saturated carbocycles. The zero-order valence-electron chi connectivity index (χ0n) is 34.6. The number of carbonyl (C=O) groups is 4. The third kappa shape index (κ3) is 9.46. The zero-order chi connectivity index (χ0) is 44.8. The lowest BCUT2D eigenvalue weighted by atomic mass is 10.0. The maximum atomic E-state index is 14.9. The van der Waals surface area contributed by atoms with Gasteiger partial charge in [0.15, 0.2) is 11.6 Å². The van der Waals surface area contributed by atoms with E-state index in [1.54, 1.807) is 19.9 Å². The molecule has 0 spiro atoms. The molecule has 3 fully saturated rings. The summed E-state index contributed by atoms with van der Waals surface area (Å²) in [6.45, 7) is 3.39. The number of carbonyl (C=O) groups excluding carboxylic acids is 4. The monoisotopic (exact) mass is 891 g/mol. The number of ether oxygens (including phenoxy) is 3. The quantitative estimate of drug-likeness (QED) is 0.181. The number of pyridine rings is 1. The van der Waals surface area contributed by atoms with E-state index in [1.165, 1.54) is 37.1 Å². The van der Waals surface area contributed by atoms with Crippen LogP contribution in [0.25, 0.3) is 10.9 Å². The number of alkyl halides is 3. The number of nitrogens with zero attached hydrogens (tertiary/aromatic N) is 4. The number of amides is 4. The van der Waals surface area contributed by atoms with Crippen LogP contribution in [-0.4, -0.2) is 106 Å². The predicted octanol–water partition coefficient (Wildman–Crippen LogP) is 4.47. The number of fused-ring (bicyclic) bond motifs is 3.